The third kappa shape index (κ3) is 27.5. The average Bonchev–Trinajstić information content (AvgIpc) is 0. The van der Waals surface area contributed by atoms with Crippen molar-refractivity contribution in [3.05, 3.63) is 0 Å². The van der Waals surface area contributed by atoms with Gasteiger partial charge in [0.1, 0.15) is 0 Å². The van der Waals surface area contributed by atoms with Crippen LogP contribution in [0, 0.1) is 39.9 Å². The van der Waals surface area contributed by atoms with E-state index in [1.165, 1.54) is 0 Å². The van der Waals surface area contributed by atoms with Gasteiger partial charge < -0.3 is 18.8 Å². The van der Waals surface area contributed by atoms with E-state index in [-0.39, 0.29) is 128 Å². The van der Waals surface area contributed by atoms with Crippen molar-refractivity contribution in [1.82, 2.24) is 0 Å². The van der Waals surface area contributed by atoms with Crippen molar-refractivity contribution in [2.75, 3.05) is 0 Å². The molecule has 0 amide bonds. The molecule has 1 radical (unpaired) electrons. The summed E-state index contributed by atoms with van der Waals surface area (Å²) in [5.74, 6) is 0. The largest absolute Gasteiger partial charge is 3.00 e. The van der Waals surface area contributed by atoms with Gasteiger partial charge in [-0.05, 0) is 0 Å². The summed E-state index contributed by atoms with van der Waals surface area (Å²) in [7, 11) is 0. The van der Waals surface area contributed by atoms with Gasteiger partial charge in [0, 0.05) is 0 Å². The first-order valence-corrected chi connectivity index (χ1v) is 0. The molecule has 0 aromatic heterocycles. The Morgan fingerprint density at radius 3 is 0.500 bits per heavy atom. The maximum Gasteiger partial charge on any atom is 3.00 e. The Labute approximate surface area is 124 Å². The van der Waals surface area contributed by atoms with E-state index in [4.69, 9.17) is 0 Å². The van der Waals surface area contributed by atoms with Gasteiger partial charge in [0.05, 0.1) is 0 Å². The maximum absolute atomic E-state index is 0. The predicted octanol–water partition coefficient (Wildman–Crippen LogP) is -15.0. The smallest absolute Gasteiger partial charge is 1.00 e. The Balaban J connectivity index is 0. The SMILES string of the molecule is [Cs+].[F-].[F-].[F-].[F-].[Gd+3]. The van der Waals surface area contributed by atoms with Crippen molar-refractivity contribution in [3.63, 3.8) is 0 Å². The van der Waals surface area contributed by atoms with Crippen LogP contribution in [0.15, 0.2) is 0 Å². The Kier molecular flexibility index (Phi) is 441. The van der Waals surface area contributed by atoms with Crippen LogP contribution in [0.3, 0.4) is 0 Å². The topological polar surface area (TPSA) is 0 Å². The average molecular weight is 366 g/mol. The predicted molar refractivity (Wildman–Crippen MR) is 0 cm³/mol. The van der Waals surface area contributed by atoms with Crippen LogP contribution in [0.5, 0.6) is 0 Å². The molecule has 0 fully saturated rings. The van der Waals surface area contributed by atoms with Crippen molar-refractivity contribution in [2.45, 2.75) is 0 Å². The quantitative estimate of drug-likeness (QED) is 0.374. The van der Waals surface area contributed by atoms with Gasteiger partial charge in [0.2, 0.25) is 0 Å². The molecule has 0 spiro atoms. The molecule has 0 rings (SSSR count). The monoisotopic (exact) mass is 367 g/mol. The molecule has 0 saturated carbocycles. The number of hydrogen-bond acceptors (Lipinski definition) is 0. The molecule has 37 valence electrons. The van der Waals surface area contributed by atoms with Crippen molar-refractivity contribution >= 4 is 0 Å². The molecule has 0 atom stereocenters. The van der Waals surface area contributed by atoms with Crippen molar-refractivity contribution in [1.29, 1.82) is 0 Å². The zero-order valence-corrected chi connectivity index (χ0v) is 11.4. The van der Waals surface area contributed by atoms with Crippen LogP contribution < -0.4 is 87.7 Å². The van der Waals surface area contributed by atoms with E-state index in [1.807, 2.05) is 0 Å². The molecule has 0 unspecified atom stereocenters. The van der Waals surface area contributed by atoms with Crippen LogP contribution in [0.4, 0.5) is 0 Å². The van der Waals surface area contributed by atoms with Gasteiger partial charge in [-0.25, -0.2) is 0 Å². The minimum absolute atomic E-state index is 0. The van der Waals surface area contributed by atoms with E-state index in [0.717, 1.165) is 0 Å². The second-order valence-corrected chi connectivity index (χ2v) is 0. The van der Waals surface area contributed by atoms with Gasteiger partial charge in [-0.2, -0.15) is 0 Å². The summed E-state index contributed by atoms with van der Waals surface area (Å²) in [5, 5.41) is 0. The van der Waals surface area contributed by atoms with Crippen molar-refractivity contribution < 1.29 is 128 Å². The molecule has 6 heteroatoms. The molecule has 0 nitrogen and oxygen atoms in total. The summed E-state index contributed by atoms with van der Waals surface area (Å²) >= 11 is 0. The standard InChI is InChI=1S/Cs.4FH.Gd/h;4*1H;/q+1;;;;;+3/p-4. The molecule has 0 aromatic carbocycles. The molecular formula is CsF4Gd. The molecule has 0 aliphatic rings. The van der Waals surface area contributed by atoms with Crippen LogP contribution in [0.1, 0.15) is 0 Å². The summed E-state index contributed by atoms with van der Waals surface area (Å²) in [4.78, 5) is 0. The molecular weight excluding hydrogens is 366 g/mol. The molecule has 0 N–H and O–H groups in total. The normalized spacial score (nSPS) is 0. The van der Waals surface area contributed by atoms with Gasteiger partial charge in [-0.15, -0.1) is 0 Å². The van der Waals surface area contributed by atoms with Gasteiger partial charge in [0.25, 0.3) is 0 Å². The molecule has 0 bridgehead atoms. The third-order valence-electron chi connectivity index (χ3n) is 0. The summed E-state index contributed by atoms with van der Waals surface area (Å²) in [6.07, 6.45) is 0. The minimum atomic E-state index is 0. The molecule has 0 heterocycles. The molecule has 0 aromatic rings. The minimum Gasteiger partial charge on any atom is -1.00 e. The Hall–Kier alpha value is 3.10. The van der Waals surface area contributed by atoms with Crippen molar-refractivity contribution in [3.8, 4) is 0 Å². The Morgan fingerprint density at radius 2 is 0.500 bits per heavy atom. The van der Waals surface area contributed by atoms with Gasteiger partial charge in [0.15, 0.2) is 0 Å². The Bertz CT molecular complexity index is 7.51. The molecule has 0 aliphatic carbocycles. The van der Waals surface area contributed by atoms with Gasteiger partial charge >= 0.3 is 109 Å². The van der Waals surface area contributed by atoms with Crippen LogP contribution in [-0.4, -0.2) is 0 Å². The van der Waals surface area contributed by atoms with Crippen LogP contribution in [0.2, 0.25) is 0 Å². The first-order chi connectivity index (χ1) is 0. The van der Waals surface area contributed by atoms with E-state index < -0.39 is 0 Å². The van der Waals surface area contributed by atoms with E-state index in [9.17, 15) is 0 Å². The summed E-state index contributed by atoms with van der Waals surface area (Å²) in [6, 6.07) is 0. The second kappa shape index (κ2) is 42.5. The summed E-state index contributed by atoms with van der Waals surface area (Å²) < 4.78 is 0. The summed E-state index contributed by atoms with van der Waals surface area (Å²) in [5.41, 5.74) is 0. The molecule has 6 heavy (non-hydrogen) atoms. The van der Waals surface area contributed by atoms with Crippen LogP contribution in [-0.2, 0) is 0 Å². The fourth-order valence-corrected chi connectivity index (χ4v) is 0. The van der Waals surface area contributed by atoms with Crippen LogP contribution >= 0.6 is 0 Å². The van der Waals surface area contributed by atoms with E-state index in [1.54, 1.807) is 0 Å². The van der Waals surface area contributed by atoms with E-state index >= 15 is 0 Å². The fraction of sp³-hybridized carbons (Fsp3) is 0. The fourth-order valence-electron chi connectivity index (χ4n) is 0. The molecule has 0 saturated heterocycles. The number of halogens is 4. The third-order valence-corrected chi connectivity index (χ3v) is 0. The van der Waals surface area contributed by atoms with Crippen LogP contribution in [0.25, 0.3) is 0 Å². The number of hydrogen-bond donors (Lipinski definition) is 0. The molecule has 0 aliphatic heterocycles. The first-order valence-electron chi connectivity index (χ1n) is 0. The van der Waals surface area contributed by atoms with Crippen molar-refractivity contribution in [2.24, 2.45) is 0 Å². The van der Waals surface area contributed by atoms with E-state index in [0.29, 0.717) is 0 Å². The zero-order valence-electron chi connectivity index (χ0n) is 2.87. The summed E-state index contributed by atoms with van der Waals surface area (Å²) in [6.45, 7) is 0. The Morgan fingerprint density at radius 1 is 0.500 bits per heavy atom. The second-order valence-electron chi connectivity index (χ2n) is 0. The number of rotatable bonds is 0. The van der Waals surface area contributed by atoms with E-state index in [2.05, 4.69) is 0 Å². The maximum atomic E-state index is 0. The first kappa shape index (κ1) is 62.2. The van der Waals surface area contributed by atoms with Gasteiger partial charge in [-0.1, -0.05) is 0 Å². The van der Waals surface area contributed by atoms with Gasteiger partial charge in [-0.3, -0.25) is 0 Å². The zero-order chi connectivity index (χ0) is 0.